The molecule has 0 radical (unpaired) electrons. The van der Waals surface area contributed by atoms with Crippen LogP contribution in [0.5, 0.6) is 5.75 Å². The van der Waals surface area contributed by atoms with E-state index in [9.17, 15) is 14.4 Å². The van der Waals surface area contributed by atoms with E-state index in [1.807, 2.05) is 37.3 Å². The monoisotopic (exact) mass is 588 g/mol. The fourth-order valence-electron chi connectivity index (χ4n) is 5.87. The van der Waals surface area contributed by atoms with Gasteiger partial charge in [-0.1, -0.05) is 29.8 Å². The van der Waals surface area contributed by atoms with Crippen LogP contribution in [0.2, 0.25) is 5.02 Å². The molecule has 1 atom stereocenters. The molecule has 42 heavy (non-hydrogen) atoms. The van der Waals surface area contributed by atoms with E-state index >= 15 is 0 Å². The molecule has 1 fully saturated rings. The minimum absolute atomic E-state index is 0.0330. The van der Waals surface area contributed by atoms with Gasteiger partial charge in [0.15, 0.2) is 0 Å². The molecule has 2 heterocycles. The van der Waals surface area contributed by atoms with Gasteiger partial charge in [0.25, 0.3) is 11.8 Å². The molecule has 3 aromatic rings. The number of hydrogen-bond acceptors (Lipinski definition) is 5. The molecular weight excluding hydrogens is 552 g/mol. The standard InChI is InChI=1S/C33H37ClN4O4/c1-21-6-3-4-8-26(21)32(40)37-28-11-9-23(18-30(28)42-2)33(41)38-17-5-7-22(27-20-24(34)10-12-29(27)38)19-31(39)36-25-13-15-35-16-14-25/h3-4,6,8-12,18,20,22,25,35H,5,7,13-17,19H2,1-2H3,(H,36,39)(H,37,40). The lowest BCUT2D eigenvalue weighted by Gasteiger charge is -2.26. The van der Waals surface area contributed by atoms with Crippen molar-refractivity contribution in [2.45, 2.75) is 51.0 Å². The zero-order valence-electron chi connectivity index (χ0n) is 24.0. The van der Waals surface area contributed by atoms with Crippen LogP contribution in [-0.2, 0) is 4.79 Å². The number of benzene rings is 3. The van der Waals surface area contributed by atoms with Crippen molar-refractivity contribution in [2.75, 3.05) is 37.0 Å². The van der Waals surface area contributed by atoms with Crippen LogP contribution in [0.25, 0.3) is 0 Å². The summed E-state index contributed by atoms with van der Waals surface area (Å²) in [5.74, 6) is -0.0636. The first-order chi connectivity index (χ1) is 20.3. The smallest absolute Gasteiger partial charge is 0.258 e. The number of aryl methyl sites for hydroxylation is 1. The third-order valence-electron chi connectivity index (χ3n) is 8.12. The highest BCUT2D eigenvalue weighted by molar-refractivity contribution is 6.30. The molecule has 5 rings (SSSR count). The molecule has 0 bridgehead atoms. The maximum Gasteiger partial charge on any atom is 0.258 e. The molecule has 3 amide bonds. The fraction of sp³-hybridized carbons (Fsp3) is 0.364. The molecule has 3 N–H and O–H groups in total. The molecule has 8 nitrogen and oxygen atoms in total. The van der Waals surface area contributed by atoms with E-state index < -0.39 is 0 Å². The van der Waals surface area contributed by atoms with Gasteiger partial charge in [0.1, 0.15) is 5.75 Å². The number of hydrogen-bond donors (Lipinski definition) is 3. The summed E-state index contributed by atoms with van der Waals surface area (Å²) in [4.78, 5) is 41.6. The summed E-state index contributed by atoms with van der Waals surface area (Å²) in [5, 5.41) is 10.00. The summed E-state index contributed by atoms with van der Waals surface area (Å²) in [7, 11) is 1.51. The van der Waals surface area contributed by atoms with E-state index in [0.29, 0.717) is 40.6 Å². The number of rotatable bonds is 7. The van der Waals surface area contributed by atoms with Gasteiger partial charge in [0, 0.05) is 40.8 Å². The van der Waals surface area contributed by atoms with Crippen LogP contribution in [0, 0.1) is 6.92 Å². The summed E-state index contributed by atoms with van der Waals surface area (Å²) in [5.41, 5.74) is 4.01. The van der Waals surface area contributed by atoms with Crippen molar-refractivity contribution in [3.63, 3.8) is 0 Å². The van der Waals surface area contributed by atoms with Crippen LogP contribution < -0.4 is 25.6 Å². The first kappa shape index (κ1) is 29.6. The zero-order chi connectivity index (χ0) is 29.6. The first-order valence-electron chi connectivity index (χ1n) is 14.5. The zero-order valence-corrected chi connectivity index (χ0v) is 24.8. The highest BCUT2D eigenvalue weighted by Crippen LogP contribution is 2.39. The van der Waals surface area contributed by atoms with Crippen molar-refractivity contribution in [3.8, 4) is 5.75 Å². The maximum absolute atomic E-state index is 13.9. The lowest BCUT2D eigenvalue weighted by Crippen LogP contribution is -2.43. The first-order valence-corrected chi connectivity index (χ1v) is 14.9. The van der Waals surface area contributed by atoms with Crippen molar-refractivity contribution >= 4 is 40.7 Å². The average molecular weight is 589 g/mol. The molecule has 220 valence electrons. The summed E-state index contributed by atoms with van der Waals surface area (Å²) in [6, 6.07) is 18.1. The Morgan fingerprint density at radius 2 is 1.81 bits per heavy atom. The van der Waals surface area contributed by atoms with Crippen molar-refractivity contribution in [1.29, 1.82) is 0 Å². The molecule has 0 spiro atoms. The number of ether oxygens (including phenoxy) is 1. The van der Waals surface area contributed by atoms with Crippen molar-refractivity contribution in [1.82, 2.24) is 10.6 Å². The van der Waals surface area contributed by atoms with Gasteiger partial charge in [-0.05, 0) is 105 Å². The second-order valence-corrected chi connectivity index (χ2v) is 11.4. The molecule has 2 aliphatic heterocycles. The van der Waals surface area contributed by atoms with Crippen molar-refractivity contribution in [2.24, 2.45) is 0 Å². The Balaban J connectivity index is 1.36. The number of piperidine rings is 1. The average Bonchev–Trinajstić information content (AvgIpc) is 3.16. The van der Waals surface area contributed by atoms with Crippen molar-refractivity contribution in [3.05, 3.63) is 87.9 Å². The number of nitrogens with zero attached hydrogens (tertiary/aromatic N) is 1. The number of anilines is 2. The second-order valence-electron chi connectivity index (χ2n) is 11.0. The molecule has 0 aliphatic carbocycles. The van der Waals surface area contributed by atoms with E-state index in [-0.39, 0.29) is 29.7 Å². The number of nitrogens with one attached hydrogen (secondary N) is 3. The third kappa shape index (κ3) is 6.77. The van der Waals surface area contributed by atoms with Crippen LogP contribution in [0.4, 0.5) is 11.4 Å². The number of fused-ring (bicyclic) bond motifs is 1. The second kappa shape index (κ2) is 13.4. The Morgan fingerprint density at radius 1 is 1.02 bits per heavy atom. The summed E-state index contributed by atoms with van der Waals surface area (Å²) >= 11 is 6.42. The summed E-state index contributed by atoms with van der Waals surface area (Å²) in [6.07, 6.45) is 3.72. The molecule has 9 heteroatoms. The highest BCUT2D eigenvalue weighted by Gasteiger charge is 2.30. The topological polar surface area (TPSA) is 99.8 Å². The van der Waals surface area contributed by atoms with Gasteiger partial charge in [0.2, 0.25) is 5.91 Å². The van der Waals surface area contributed by atoms with Gasteiger partial charge < -0.3 is 25.6 Å². The van der Waals surface area contributed by atoms with Crippen molar-refractivity contribution < 1.29 is 19.1 Å². The van der Waals surface area contributed by atoms with E-state index in [1.54, 1.807) is 35.2 Å². The highest BCUT2D eigenvalue weighted by atomic mass is 35.5. The Labute approximate surface area is 251 Å². The van der Waals surface area contributed by atoms with Gasteiger partial charge in [-0.2, -0.15) is 0 Å². The van der Waals surface area contributed by atoms with Gasteiger partial charge in [-0.25, -0.2) is 0 Å². The van der Waals surface area contributed by atoms with Crippen LogP contribution in [0.3, 0.4) is 0 Å². The predicted molar refractivity (Wildman–Crippen MR) is 166 cm³/mol. The minimum atomic E-state index is -0.251. The van der Waals surface area contributed by atoms with Crippen LogP contribution in [0.15, 0.2) is 60.7 Å². The Morgan fingerprint density at radius 3 is 2.57 bits per heavy atom. The van der Waals surface area contributed by atoms with Gasteiger partial charge in [-0.15, -0.1) is 0 Å². The van der Waals surface area contributed by atoms with Crippen LogP contribution in [-0.4, -0.2) is 50.5 Å². The van der Waals surface area contributed by atoms with E-state index in [4.69, 9.17) is 16.3 Å². The third-order valence-corrected chi connectivity index (χ3v) is 8.36. The van der Waals surface area contributed by atoms with Crippen LogP contribution >= 0.6 is 11.6 Å². The Bertz CT molecular complexity index is 1470. The fourth-order valence-corrected chi connectivity index (χ4v) is 6.05. The lowest BCUT2D eigenvalue weighted by molar-refractivity contribution is -0.122. The molecule has 1 unspecified atom stereocenters. The molecule has 1 saturated heterocycles. The summed E-state index contributed by atoms with van der Waals surface area (Å²) < 4.78 is 5.57. The number of carbonyl (C=O) groups is 3. The lowest BCUT2D eigenvalue weighted by atomic mass is 9.90. The number of methoxy groups -OCH3 is 1. The largest absolute Gasteiger partial charge is 0.495 e. The van der Waals surface area contributed by atoms with Gasteiger partial charge in [0.05, 0.1) is 12.8 Å². The van der Waals surface area contributed by atoms with Gasteiger partial charge >= 0.3 is 0 Å². The quantitative estimate of drug-likeness (QED) is 0.329. The SMILES string of the molecule is COc1cc(C(=O)N2CCCC(CC(=O)NC3CCNCC3)c3cc(Cl)ccc32)ccc1NC(=O)c1ccccc1C. The van der Waals surface area contributed by atoms with Crippen LogP contribution in [0.1, 0.15) is 69.9 Å². The Hall–Kier alpha value is -3.88. The molecule has 0 aromatic heterocycles. The maximum atomic E-state index is 13.9. The predicted octanol–water partition coefficient (Wildman–Crippen LogP) is 5.69. The normalized spacial score (nSPS) is 17.1. The van der Waals surface area contributed by atoms with E-state index in [2.05, 4.69) is 16.0 Å². The molecular formula is C33H37ClN4O4. The van der Waals surface area contributed by atoms with E-state index in [1.165, 1.54) is 7.11 Å². The minimum Gasteiger partial charge on any atom is -0.495 e. The molecule has 3 aromatic carbocycles. The molecule has 2 aliphatic rings. The van der Waals surface area contributed by atoms with E-state index in [0.717, 1.165) is 55.6 Å². The summed E-state index contributed by atoms with van der Waals surface area (Å²) in [6.45, 7) is 4.21. The number of amides is 3. The Kier molecular flexibility index (Phi) is 9.45. The molecule has 0 saturated carbocycles. The number of halogens is 1. The number of carbonyl (C=O) groups excluding carboxylic acids is 3. The van der Waals surface area contributed by atoms with Gasteiger partial charge in [-0.3, -0.25) is 14.4 Å².